The van der Waals surface area contributed by atoms with Crippen molar-refractivity contribution in [3.63, 3.8) is 0 Å². The summed E-state index contributed by atoms with van der Waals surface area (Å²) < 4.78 is 2.70. The highest BCUT2D eigenvalue weighted by Crippen LogP contribution is 2.41. The van der Waals surface area contributed by atoms with Crippen LogP contribution in [0.2, 0.25) is 5.15 Å². The van der Waals surface area contributed by atoms with Gasteiger partial charge in [-0.15, -0.1) is 0 Å². The van der Waals surface area contributed by atoms with Gasteiger partial charge in [0.1, 0.15) is 23.0 Å². The van der Waals surface area contributed by atoms with Crippen LogP contribution in [0.3, 0.4) is 0 Å². The van der Waals surface area contributed by atoms with Crippen molar-refractivity contribution in [2.24, 2.45) is 5.92 Å². The second kappa shape index (κ2) is 9.03. The molecule has 0 fully saturated rings. The Morgan fingerprint density at radius 2 is 1.97 bits per heavy atom. The topological polar surface area (TPSA) is 105 Å². The summed E-state index contributed by atoms with van der Waals surface area (Å²) in [7, 11) is 0. The lowest BCUT2D eigenvalue weighted by Gasteiger charge is -2.38. The Bertz CT molecular complexity index is 1270. The predicted molar refractivity (Wildman–Crippen MR) is 129 cm³/mol. The standard InChI is InChI=1S/C23H19ClIN3O4/c24-19-18-17(25)12-28(20(18)27-13-26-19)23(10-4-3-9-16(23)22(31)32)11-5-7-14-6-1-2-8-15(14)21(29)30/h1-4,6,8-10,12-13,16H,5,7,11H2,(H,29,30)(H,31,32). The molecule has 4 rings (SSSR count). The number of aromatic carboxylic acids is 1. The summed E-state index contributed by atoms with van der Waals surface area (Å²) in [5.74, 6) is -2.76. The Labute approximate surface area is 202 Å². The largest absolute Gasteiger partial charge is 0.481 e. The smallest absolute Gasteiger partial charge is 0.335 e. The third kappa shape index (κ3) is 3.93. The molecule has 0 aliphatic heterocycles. The first kappa shape index (κ1) is 22.5. The van der Waals surface area contributed by atoms with Gasteiger partial charge in [0, 0.05) is 9.77 Å². The highest BCUT2D eigenvalue weighted by molar-refractivity contribution is 14.1. The van der Waals surface area contributed by atoms with Gasteiger partial charge in [-0.05, 0) is 53.5 Å². The number of allylic oxidation sites excluding steroid dienone is 3. The van der Waals surface area contributed by atoms with Gasteiger partial charge in [0.25, 0.3) is 0 Å². The van der Waals surface area contributed by atoms with Crippen LogP contribution >= 0.6 is 34.2 Å². The van der Waals surface area contributed by atoms with Gasteiger partial charge in [-0.1, -0.05) is 54.1 Å². The first-order chi connectivity index (χ1) is 15.3. The Morgan fingerprint density at radius 3 is 2.72 bits per heavy atom. The minimum Gasteiger partial charge on any atom is -0.481 e. The second-order valence-electron chi connectivity index (χ2n) is 7.58. The molecule has 0 saturated carbocycles. The molecule has 1 aliphatic carbocycles. The molecule has 0 amide bonds. The van der Waals surface area contributed by atoms with Crippen molar-refractivity contribution in [1.82, 2.24) is 14.5 Å². The molecule has 2 unspecified atom stereocenters. The molecule has 2 N–H and O–H groups in total. The number of carboxylic acids is 2. The number of aliphatic carboxylic acids is 1. The number of rotatable bonds is 7. The van der Waals surface area contributed by atoms with Crippen LogP contribution in [0.15, 0.2) is 61.1 Å². The first-order valence-electron chi connectivity index (χ1n) is 9.92. The normalized spacial score (nSPS) is 20.0. The number of halogens is 2. The van der Waals surface area contributed by atoms with Crippen LogP contribution in [0.25, 0.3) is 11.0 Å². The van der Waals surface area contributed by atoms with Gasteiger partial charge in [0.15, 0.2) is 0 Å². The summed E-state index contributed by atoms with van der Waals surface area (Å²) >= 11 is 8.47. The molecular formula is C23H19ClIN3O4. The van der Waals surface area contributed by atoms with Gasteiger partial charge in [-0.2, -0.15) is 0 Å². The highest BCUT2D eigenvalue weighted by atomic mass is 127. The van der Waals surface area contributed by atoms with Crippen molar-refractivity contribution in [2.75, 3.05) is 0 Å². The fourth-order valence-corrected chi connectivity index (χ4v) is 5.53. The van der Waals surface area contributed by atoms with Gasteiger partial charge in [0.05, 0.1) is 16.5 Å². The SMILES string of the molecule is O=C(O)c1ccccc1CCCC1(n2cc(I)c3c(Cl)ncnc32)C=CC=CC1C(=O)O. The molecule has 2 atom stereocenters. The van der Waals surface area contributed by atoms with Gasteiger partial charge < -0.3 is 14.8 Å². The number of benzene rings is 1. The van der Waals surface area contributed by atoms with Crippen LogP contribution in [0.5, 0.6) is 0 Å². The monoisotopic (exact) mass is 563 g/mol. The van der Waals surface area contributed by atoms with Crippen LogP contribution in [-0.2, 0) is 16.8 Å². The van der Waals surface area contributed by atoms with Crippen LogP contribution in [0.1, 0.15) is 28.8 Å². The maximum Gasteiger partial charge on any atom is 0.335 e. The van der Waals surface area contributed by atoms with E-state index in [0.717, 1.165) is 9.13 Å². The summed E-state index contributed by atoms with van der Waals surface area (Å²) in [6.07, 6.45) is 11.9. The third-order valence-corrected chi connectivity index (χ3v) is 6.92. The molecule has 0 saturated heterocycles. The molecule has 0 bridgehead atoms. The Morgan fingerprint density at radius 1 is 1.19 bits per heavy atom. The number of carboxylic acid groups (broad SMARTS) is 2. The number of carbonyl (C=O) groups is 2. The highest BCUT2D eigenvalue weighted by Gasteiger charge is 2.43. The zero-order chi connectivity index (χ0) is 22.9. The molecule has 164 valence electrons. The lowest BCUT2D eigenvalue weighted by Crippen LogP contribution is -2.43. The molecule has 2 aromatic heterocycles. The minimum atomic E-state index is -0.975. The quantitative estimate of drug-likeness (QED) is 0.312. The van der Waals surface area contributed by atoms with E-state index in [2.05, 4.69) is 32.6 Å². The fourth-order valence-electron chi connectivity index (χ4n) is 4.36. The van der Waals surface area contributed by atoms with E-state index < -0.39 is 23.4 Å². The maximum absolute atomic E-state index is 12.3. The summed E-state index contributed by atoms with van der Waals surface area (Å²) in [6.45, 7) is 0. The first-order valence-corrected chi connectivity index (χ1v) is 11.4. The Balaban J connectivity index is 1.77. The molecular weight excluding hydrogens is 545 g/mol. The zero-order valence-corrected chi connectivity index (χ0v) is 19.7. The van der Waals surface area contributed by atoms with E-state index in [9.17, 15) is 19.8 Å². The zero-order valence-electron chi connectivity index (χ0n) is 16.8. The van der Waals surface area contributed by atoms with E-state index >= 15 is 0 Å². The number of aromatic nitrogens is 3. The molecule has 3 aromatic rings. The van der Waals surface area contributed by atoms with Crippen molar-refractivity contribution in [3.05, 3.63) is 80.9 Å². The van der Waals surface area contributed by atoms with Gasteiger partial charge in [-0.25, -0.2) is 14.8 Å². The number of hydrogen-bond acceptors (Lipinski definition) is 4. The van der Waals surface area contributed by atoms with Crippen molar-refractivity contribution < 1.29 is 19.8 Å². The van der Waals surface area contributed by atoms with E-state index in [-0.39, 0.29) is 5.56 Å². The predicted octanol–water partition coefficient (Wildman–Crippen LogP) is 4.93. The summed E-state index contributed by atoms with van der Waals surface area (Å²) in [5.41, 5.74) is 0.607. The van der Waals surface area contributed by atoms with E-state index in [4.69, 9.17) is 11.6 Å². The second-order valence-corrected chi connectivity index (χ2v) is 9.10. The van der Waals surface area contributed by atoms with Crippen LogP contribution in [0.4, 0.5) is 0 Å². The molecule has 1 aromatic carbocycles. The van der Waals surface area contributed by atoms with E-state index in [1.165, 1.54) is 6.33 Å². The molecule has 1 aliphatic rings. The lowest BCUT2D eigenvalue weighted by molar-refractivity contribution is -0.143. The summed E-state index contributed by atoms with van der Waals surface area (Å²) in [6, 6.07) is 6.88. The van der Waals surface area contributed by atoms with Crippen molar-refractivity contribution in [2.45, 2.75) is 24.8 Å². The number of nitrogens with zero attached hydrogens (tertiary/aromatic N) is 3. The lowest BCUT2D eigenvalue weighted by atomic mass is 9.76. The molecule has 0 radical (unpaired) electrons. The average molecular weight is 564 g/mol. The molecule has 32 heavy (non-hydrogen) atoms. The Kier molecular flexibility index (Phi) is 6.34. The van der Waals surface area contributed by atoms with Crippen LogP contribution in [-0.4, -0.2) is 36.7 Å². The number of fused-ring (bicyclic) bond motifs is 1. The van der Waals surface area contributed by atoms with Gasteiger partial charge in [0.2, 0.25) is 0 Å². The van der Waals surface area contributed by atoms with E-state index in [1.807, 2.05) is 29.0 Å². The van der Waals surface area contributed by atoms with E-state index in [0.29, 0.717) is 35.4 Å². The fraction of sp³-hybridized carbons (Fsp3) is 0.217. The van der Waals surface area contributed by atoms with Crippen molar-refractivity contribution >= 4 is 57.2 Å². The molecule has 2 heterocycles. The average Bonchev–Trinajstić information content (AvgIpc) is 3.12. The van der Waals surface area contributed by atoms with Crippen LogP contribution in [0, 0.1) is 9.49 Å². The van der Waals surface area contributed by atoms with Crippen molar-refractivity contribution in [3.8, 4) is 0 Å². The minimum absolute atomic E-state index is 0.260. The Hall–Kier alpha value is -2.72. The summed E-state index contributed by atoms with van der Waals surface area (Å²) in [4.78, 5) is 32.3. The van der Waals surface area contributed by atoms with Crippen LogP contribution < -0.4 is 0 Å². The van der Waals surface area contributed by atoms with Crippen molar-refractivity contribution in [1.29, 1.82) is 0 Å². The third-order valence-electron chi connectivity index (χ3n) is 5.81. The number of aryl methyl sites for hydroxylation is 1. The van der Waals surface area contributed by atoms with E-state index in [1.54, 1.807) is 30.4 Å². The molecule has 9 heteroatoms. The maximum atomic E-state index is 12.3. The molecule has 0 spiro atoms. The van der Waals surface area contributed by atoms with Gasteiger partial charge in [-0.3, -0.25) is 4.79 Å². The number of hydrogen-bond donors (Lipinski definition) is 2. The molecule has 7 nitrogen and oxygen atoms in total. The van der Waals surface area contributed by atoms with Gasteiger partial charge >= 0.3 is 11.9 Å². The summed E-state index contributed by atoms with van der Waals surface area (Å²) in [5, 5.41) is 20.5.